The third-order valence-corrected chi connectivity index (χ3v) is 5.72. The molecule has 0 aliphatic heterocycles. The molecule has 3 N–H and O–H groups in total. The number of amides is 2. The second kappa shape index (κ2) is 9.53. The third kappa shape index (κ3) is 6.03. The Labute approximate surface area is 170 Å². The summed E-state index contributed by atoms with van der Waals surface area (Å²) in [6.45, 7) is 5.23. The van der Waals surface area contributed by atoms with Crippen molar-refractivity contribution in [1.29, 1.82) is 0 Å². The van der Waals surface area contributed by atoms with E-state index in [4.69, 9.17) is 4.74 Å². The van der Waals surface area contributed by atoms with E-state index in [1.165, 1.54) is 14.0 Å². The van der Waals surface area contributed by atoms with Crippen LogP contribution in [0.15, 0.2) is 41.3 Å². The van der Waals surface area contributed by atoms with Gasteiger partial charge < -0.3 is 15.4 Å². The maximum Gasteiger partial charge on any atom is 0.251 e. The number of hydrogen-bond acceptors (Lipinski definition) is 5. The number of nitrogens with one attached hydrogen (secondary N) is 3. The predicted octanol–water partition coefficient (Wildman–Crippen LogP) is 1.98. The molecule has 0 fully saturated rings. The number of ether oxygens (including phenoxy) is 1. The predicted molar refractivity (Wildman–Crippen MR) is 111 cm³/mol. The monoisotopic (exact) mass is 419 g/mol. The van der Waals surface area contributed by atoms with Gasteiger partial charge in [-0.15, -0.1) is 0 Å². The number of anilines is 1. The molecule has 0 bridgehead atoms. The summed E-state index contributed by atoms with van der Waals surface area (Å²) < 4.78 is 32.8. The molecule has 0 heterocycles. The van der Waals surface area contributed by atoms with Gasteiger partial charge in [0.25, 0.3) is 5.91 Å². The fraction of sp³-hybridized carbons (Fsp3) is 0.300. The zero-order valence-electron chi connectivity index (χ0n) is 16.8. The summed E-state index contributed by atoms with van der Waals surface area (Å²) in [6.07, 6.45) is 0. The summed E-state index contributed by atoms with van der Waals surface area (Å²) in [5.74, 6) is -0.277. The number of carbonyl (C=O) groups excluding carboxylic acids is 2. The molecule has 29 heavy (non-hydrogen) atoms. The molecular weight excluding hydrogens is 394 g/mol. The van der Waals surface area contributed by atoms with Crippen LogP contribution >= 0.6 is 0 Å². The molecule has 2 aromatic carbocycles. The Hall–Kier alpha value is -2.91. The molecule has 0 saturated carbocycles. The van der Waals surface area contributed by atoms with Gasteiger partial charge in [-0.1, -0.05) is 0 Å². The van der Waals surface area contributed by atoms with Gasteiger partial charge in [0, 0.05) is 31.3 Å². The lowest BCUT2D eigenvalue weighted by atomic mass is 10.1. The zero-order chi connectivity index (χ0) is 21.6. The Morgan fingerprint density at radius 1 is 1.00 bits per heavy atom. The summed E-state index contributed by atoms with van der Waals surface area (Å²) in [6, 6.07) is 9.62. The fourth-order valence-corrected chi connectivity index (χ4v) is 3.85. The number of carbonyl (C=O) groups is 2. The van der Waals surface area contributed by atoms with Gasteiger partial charge in [0.2, 0.25) is 15.9 Å². The quantitative estimate of drug-likeness (QED) is 0.566. The highest BCUT2D eigenvalue weighted by Crippen LogP contribution is 2.27. The van der Waals surface area contributed by atoms with Crippen molar-refractivity contribution in [2.75, 3.05) is 25.5 Å². The van der Waals surface area contributed by atoms with Crippen LogP contribution in [-0.2, 0) is 14.8 Å². The van der Waals surface area contributed by atoms with E-state index < -0.39 is 10.0 Å². The van der Waals surface area contributed by atoms with Gasteiger partial charge in [0.15, 0.2) is 0 Å². The lowest BCUT2D eigenvalue weighted by Crippen LogP contribution is -2.34. The highest BCUT2D eigenvalue weighted by molar-refractivity contribution is 7.89. The van der Waals surface area contributed by atoms with Crippen molar-refractivity contribution in [3.63, 3.8) is 0 Å². The van der Waals surface area contributed by atoms with E-state index in [0.29, 0.717) is 11.3 Å². The summed E-state index contributed by atoms with van der Waals surface area (Å²) in [7, 11) is -2.37. The first kappa shape index (κ1) is 22.4. The van der Waals surface area contributed by atoms with E-state index in [-0.39, 0.29) is 35.5 Å². The van der Waals surface area contributed by atoms with Gasteiger partial charge in [-0.2, -0.15) is 0 Å². The average Bonchev–Trinajstić information content (AvgIpc) is 2.66. The molecule has 8 nitrogen and oxygen atoms in total. The molecule has 0 aromatic heterocycles. The average molecular weight is 420 g/mol. The number of sulfonamides is 1. The van der Waals surface area contributed by atoms with Crippen molar-refractivity contribution in [3.05, 3.63) is 53.1 Å². The van der Waals surface area contributed by atoms with Gasteiger partial charge in [0.05, 0.1) is 7.11 Å². The third-order valence-electron chi connectivity index (χ3n) is 4.24. The normalized spacial score (nSPS) is 11.0. The molecule has 0 atom stereocenters. The Bertz CT molecular complexity index is 1000. The van der Waals surface area contributed by atoms with Crippen LogP contribution in [0.5, 0.6) is 5.75 Å². The molecular formula is C20H25N3O5S. The van der Waals surface area contributed by atoms with Crippen LogP contribution in [0.3, 0.4) is 0 Å². The highest BCUT2D eigenvalue weighted by atomic mass is 32.2. The molecule has 156 valence electrons. The SMILES string of the molecule is COc1cc(C)c(C)cc1S(=O)(=O)NCCNC(=O)c1ccc(NC(C)=O)cc1. The van der Waals surface area contributed by atoms with Crippen LogP contribution in [-0.4, -0.2) is 40.4 Å². The first-order valence-electron chi connectivity index (χ1n) is 8.95. The van der Waals surface area contributed by atoms with Crippen LogP contribution in [0.1, 0.15) is 28.4 Å². The topological polar surface area (TPSA) is 114 Å². The summed E-state index contributed by atoms with van der Waals surface area (Å²) in [5, 5.41) is 5.26. The minimum Gasteiger partial charge on any atom is -0.495 e. The molecule has 2 amide bonds. The molecule has 0 radical (unpaired) electrons. The van der Waals surface area contributed by atoms with E-state index in [9.17, 15) is 18.0 Å². The Morgan fingerprint density at radius 2 is 1.62 bits per heavy atom. The van der Waals surface area contributed by atoms with Crippen molar-refractivity contribution in [2.45, 2.75) is 25.7 Å². The van der Waals surface area contributed by atoms with Gasteiger partial charge in [-0.05, 0) is 61.4 Å². The smallest absolute Gasteiger partial charge is 0.251 e. The number of hydrogen-bond donors (Lipinski definition) is 3. The van der Waals surface area contributed by atoms with Crippen molar-refractivity contribution in [3.8, 4) is 5.75 Å². The molecule has 0 spiro atoms. The number of rotatable bonds is 8. The van der Waals surface area contributed by atoms with Crippen molar-refractivity contribution in [1.82, 2.24) is 10.0 Å². The Kier molecular flexibility index (Phi) is 7.35. The van der Waals surface area contributed by atoms with Crippen molar-refractivity contribution >= 4 is 27.5 Å². The maximum absolute atomic E-state index is 12.6. The standard InChI is InChI=1S/C20H25N3O5S/c1-13-11-18(28-4)19(12-14(13)2)29(26,27)22-10-9-21-20(25)16-5-7-17(8-6-16)23-15(3)24/h5-8,11-12,22H,9-10H2,1-4H3,(H,21,25)(H,23,24). The van der Waals surface area contributed by atoms with Crippen LogP contribution in [0.2, 0.25) is 0 Å². The minimum atomic E-state index is -3.79. The fourth-order valence-electron chi connectivity index (χ4n) is 2.58. The van der Waals surface area contributed by atoms with E-state index in [2.05, 4.69) is 15.4 Å². The molecule has 2 aromatic rings. The Morgan fingerprint density at radius 3 is 2.21 bits per heavy atom. The lowest BCUT2D eigenvalue weighted by Gasteiger charge is -2.13. The van der Waals surface area contributed by atoms with Crippen LogP contribution < -0.4 is 20.1 Å². The molecule has 0 aliphatic rings. The second-order valence-corrected chi connectivity index (χ2v) is 8.23. The van der Waals surface area contributed by atoms with E-state index in [0.717, 1.165) is 11.1 Å². The summed E-state index contributed by atoms with van der Waals surface area (Å²) in [4.78, 5) is 23.2. The molecule has 0 saturated heterocycles. The van der Waals surface area contributed by atoms with Crippen LogP contribution in [0.25, 0.3) is 0 Å². The van der Waals surface area contributed by atoms with Crippen molar-refractivity contribution in [2.24, 2.45) is 0 Å². The summed E-state index contributed by atoms with van der Waals surface area (Å²) in [5.41, 5.74) is 2.75. The van der Waals surface area contributed by atoms with E-state index in [1.54, 1.807) is 36.4 Å². The number of benzene rings is 2. The highest BCUT2D eigenvalue weighted by Gasteiger charge is 2.20. The first-order valence-corrected chi connectivity index (χ1v) is 10.4. The molecule has 0 unspecified atom stereocenters. The molecule has 2 rings (SSSR count). The number of aryl methyl sites for hydroxylation is 2. The van der Waals surface area contributed by atoms with Gasteiger partial charge >= 0.3 is 0 Å². The number of methoxy groups -OCH3 is 1. The van der Waals surface area contributed by atoms with Gasteiger partial charge in [-0.25, -0.2) is 13.1 Å². The molecule has 9 heteroatoms. The Balaban J connectivity index is 1.93. The lowest BCUT2D eigenvalue weighted by molar-refractivity contribution is -0.114. The van der Waals surface area contributed by atoms with E-state index >= 15 is 0 Å². The maximum atomic E-state index is 12.6. The van der Waals surface area contributed by atoms with Crippen molar-refractivity contribution < 1.29 is 22.7 Å². The largest absolute Gasteiger partial charge is 0.495 e. The second-order valence-electron chi connectivity index (χ2n) is 6.50. The minimum absolute atomic E-state index is 0.0220. The summed E-state index contributed by atoms with van der Waals surface area (Å²) >= 11 is 0. The van der Waals surface area contributed by atoms with Gasteiger partial charge in [-0.3, -0.25) is 9.59 Å². The van der Waals surface area contributed by atoms with Crippen LogP contribution in [0, 0.1) is 13.8 Å². The molecule has 0 aliphatic carbocycles. The zero-order valence-corrected chi connectivity index (χ0v) is 17.6. The van der Waals surface area contributed by atoms with Crippen LogP contribution in [0.4, 0.5) is 5.69 Å². The first-order chi connectivity index (χ1) is 13.6. The van der Waals surface area contributed by atoms with Gasteiger partial charge in [0.1, 0.15) is 10.6 Å². The van der Waals surface area contributed by atoms with E-state index in [1.807, 2.05) is 13.8 Å².